The van der Waals surface area contributed by atoms with Crippen LogP contribution in [0.5, 0.6) is 5.75 Å². The van der Waals surface area contributed by atoms with E-state index in [0.29, 0.717) is 17.0 Å². The van der Waals surface area contributed by atoms with Gasteiger partial charge in [-0.1, -0.05) is 0 Å². The van der Waals surface area contributed by atoms with Gasteiger partial charge in [-0.05, 0) is 49.7 Å². The minimum Gasteiger partial charge on any atom is -0.497 e. The smallest absolute Gasteiger partial charge is 0.274 e. The van der Waals surface area contributed by atoms with E-state index in [2.05, 4.69) is 10.5 Å². The molecule has 1 aromatic heterocycles. The summed E-state index contributed by atoms with van der Waals surface area (Å²) >= 11 is 0. The Morgan fingerprint density at radius 1 is 1.25 bits per heavy atom. The van der Waals surface area contributed by atoms with Gasteiger partial charge in [0.15, 0.2) is 0 Å². The zero-order chi connectivity index (χ0) is 14.5. The van der Waals surface area contributed by atoms with Gasteiger partial charge in [0, 0.05) is 0 Å². The number of hydrogen-bond donors (Lipinski definition) is 1. The van der Waals surface area contributed by atoms with Crippen LogP contribution < -0.4 is 10.2 Å². The molecular formula is C15H16N2O3. The number of amides is 1. The summed E-state index contributed by atoms with van der Waals surface area (Å²) in [4.78, 5) is 11.9. The van der Waals surface area contributed by atoms with Gasteiger partial charge >= 0.3 is 0 Å². The van der Waals surface area contributed by atoms with Crippen LogP contribution >= 0.6 is 0 Å². The van der Waals surface area contributed by atoms with Crippen LogP contribution in [0.25, 0.3) is 0 Å². The van der Waals surface area contributed by atoms with Crippen molar-refractivity contribution >= 4 is 11.6 Å². The van der Waals surface area contributed by atoms with Gasteiger partial charge in [0.2, 0.25) is 0 Å². The fourth-order valence-electron chi connectivity index (χ4n) is 1.71. The van der Waals surface area contributed by atoms with Crippen LogP contribution in [-0.2, 0) is 0 Å². The first-order valence-corrected chi connectivity index (χ1v) is 6.15. The maximum absolute atomic E-state index is 11.9. The normalized spacial score (nSPS) is 11.2. The molecule has 1 amide bonds. The Hall–Kier alpha value is -2.56. The Kier molecular flexibility index (Phi) is 4.20. The Labute approximate surface area is 117 Å². The van der Waals surface area contributed by atoms with E-state index >= 15 is 0 Å². The first kappa shape index (κ1) is 13.9. The Morgan fingerprint density at radius 3 is 2.50 bits per heavy atom. The number of ether oxygens (including phenoxy) is 1. The maximum atomic E-state index is 11.9. The molecule has 0 radical (unpaired) electrons. The summed E-state index contributed by atoms with van der Waals surface area (Å²) in [7, 11) is 1.61. The molecule has 0 aliphatic heterocycles. The van der Waals surface area contributed by atoms with E-state index in [1.165, 1.54) is 6.26 Å². The van der Waals surface area contributed by atoms with Gasteiger partial charge in [0.25, 0.3) is 5.91 Å². The van der Waals surface area contributed by atoms with Gasteiger partial charge in [-0.3, -0.25) is 4.79 Å². The largest absolute Gasteiger partial charge is 0.497 e. The second-order valence-corrected chi connectivity index (χ2v) is 4.26. The summed E-state index contributed by atoms with van der Waals surface area (Å²) in [6.45, 7) is 3.55. The SMILES string of the molecule is COc1ccc(/C(C)=N/NC(=O)c2ccoc2C)cc1. The number of carbonyl (C=O) groups excluding carboxylic acids is 1. The first-order valence-electron chi connectivity index (χ1n) is 6.15. The van der Waals surface area contributed by atoms with Crippen LogP contribution in [0.1, 0.15) is 28.6 Å². The lowest BCUT2D eigenvalue weighted by Gasteiger charge is -2.04. The molecule has 1 N–H and O–H groups in total. The molecule has 2 aromatic rings. The third-order valence-electron chi connectivity index (χ3n) is 2.94. The molecule has 0 bridgehead atoms. The van der Waals surface area contributed by atoms with Crippen LogP contribution in [0.15, 0.2) is 46.1 Å². The highest BCUT2D eigenvalue weighted by molar-refractivity contribution is 6.01. The molecule has 0 unspecified atom stereocenters. The van der Waals surface area contributed by atoms with Crippen molar-refractivity contribution in [1.82, 2.24) is 5.43 Å². The molecule has 0 spiro atoms. The molecule has 5 heteroatoms. The van der Waals surface area contributed by atoms with E-state index in [4.69, 9.17) is 9.15 Å². The number of methoxy groups -OCH3 is 1. The quantitative estimate of drug-likeness (QED) is 0.687. The van der Waals surface area contributed by atoms with Gasteiger partial charge in [0.05, 0.1) is 24.6 Å². The van der Waals surface area contributed by atoms with Gasteiger partial charge in [-0.15, -0.1) is 0 Å². The lowest BCUT2D eigenvalue weighted by atomic mass is 10.1. The molecular weight excluding hydrogens is 256 g/mol. The summed E-state index contributed by atoms with van der Waals surface area (Å²) < 4.78 is 10.2. The molecule has 0 saturated carbocycles. The topological polar surface area (TPSA) is 63.8 Å². The highest BCUT2D eigenvalue weighted by Crippen LogP contribution is 2.12. The summed E-state index contributed by atoms with van der Waals surface area (Å²) in [5, 5.41) is 4.08. The predicted octanol–water partition coefficient (Wildman–Crippen LogP) is 2.75. The van der Waals surface area contributed by atoms with Crippen LogP contribution in [0.4, 0.5) is 0 Å². The van der Waals surface area contributed by atoms with Gasteiger partial charge in [-0.25, -0.2) is 5.43 Å². The molecule has 1 aromatic carbocycles. The predicted molar refractivity (Wildman–Crippen MR) is 76.1 cm³/mol. The molecule has 0 saturated heterocycles. The number of carbonyl (C=O) groups is 1. The fraction of sp³-hybridized carbons (Fsp3) is 0.200. The van der Waals surface area contributed by atoms with E-state index in [-0.39, 0.29) is 5.91 Å². The van der Waals surface area contributed by atoms with Gasteiger partial charge < -0.3 is 9.15 Å². The molecule has 104 valence electrons. The second-order valence-electron chi connectivity index (χ2n) is 4.26. The molecule has 0 fully saturated rings. The fourth-order valence-corrected chi connectivity index (χ4v) is 1.71. The number of furan rings is 1. The summed E-state index contributed by atoms with van der Waals surface area (Å²) in [6.07, 6.45) is 1.48. The van der Waals surface area contributed by atoms with Crippen molar-refractivity contribution in [3.63, 3.8) is 0 Å². The lowest BCUT2D eigenvalue weighted by molar-refractivity contribution is 0.0953. The highest BCUT2D eigenvalue weighted by atomic mass is 16.5. The highest BCUT2D eigenvalue weighted by Gasteiger charge is 2.10. The van der Waals surface area contributed by atoms with Gasteiger partial charge in [0.1, 0.15) is 11.5 Å². The molecule has 0 atom stereocenters. The standard InChI is InChI=1S/C15H16N2O3/c1-10(12-4-6-13(19-3)7-5-12)16-17-15(18)14-8-9-20-11(14)2/h4-9H,1-3H3,(H,17,18)/b16-10+. The van der Waals surface area contributed by atoms with E-state index in [9.17, 15) is 4.79 Å². The molecule has 0 aliphatic carbocycles. The van der Waals surface area contributed by atoms with Crippen molar-refractivity contribution in [2.24, 2.45) is 5.10 Å². The van der Waals surface area contributed by atoms with E-state index < -0.39 is 0 Å². The number of hydrogen-bond acceptors (Lipinski definition) is 4. The van der Waals surface area contributed by atoms with Crippen LogP contribution in [0.3, 0.4) is 0 Å². The van der Waals surface area contributed by atoms with Crippen molar-refractivity contribution in [1.29, 1.82) is 0 Å². The molecule has 0 aliphatic rings. The summed E-state index contributed by atoms with van der Waals surface area (Å²) in [6, 6.07) is 9.07. The average molecular weight is 272 g/mol. The van der Waals surface area contributed by atoms with Crippen molar-refractivity contribution in [2.75, 3.05) is 7.11 Å². The maximum Gasteiger partial charge on any atom is 0.274 e. The Bertz CT molecular complexity index is 627. The Balaban J connectivity index is 2.07. The van der Waals surface area contributed by atoms with Crippen molar-refractivity contribution in [3.8, 4) is 5.75 Å². The van der Waals surface area contributed by atoms with Crippen LogP contribution in [0.2, 0.25) is 0 Å². The van der Waals surface area contributed by atoms with Crippen LogP contribution in [-0.4, -0.2) is 18.7 Å². The zero-order valence-corrected chi connectivity index (χ0v) is 11.6. The van der Waals surface area contributed by atoms with Crippen molar-refractivity contribution < 1.29 is 13.9 Å². The van der Waals surface area contributed by atoms with Crippen molar-refractivity contribution in [2.45, 2.75) is 13.8 Å². The number of hydrazone groups is 1. The van der Waals surface area contributed by atoms with Crippen molar-refractivity contribution in [3.05, 3.63) is 53.5 Å². The van der Waals surface area contributed by atoms with E-state index in [0.717, 1.165) is 11.3 Å². The molecule has 1 heterocycles. The molecule has 2 rings (SSSR count). The summed E-state index contributed by atoms with van der Waals surface area (Å²) in [5.41, 5.74) is 4.62. The van der Waals surface area contributed by atoms with E-state index in [1.807, 2.05) is 31.2 Å². The lowest BCUT2D eigenvalue weighted by Crippen LogP contribution is -2.19. The number of nitrogens with zero attached hydrogens (tertiary/aromatic N) is 1. The first-order chi connectivity index (χ1) is 9.61. The number of rotatable bonds is 4. The van der Waals surface area contributed by atoms with Gasteiger partial charge in [-0.2, -0.15) is 5.10 Å². The number of aryl methyl sites for hydroxylation is 1. The second kappa shape index (κ2) is 6.06. The van der Waals surface area contributed by atoms with Crippen LogP contribution in [0, 0.1) is 6.92 Å². The monoisotopic (exact) mass is 272 g/mol. The molecule has 5 nitrogen and oxygen atoms in total. The Morgan fingerprint density at radius 2 is 1.95 bits per heavy atom. The average Bonchev–Trinajstić information content (AvgIpc) is 2.90. The summed E-state index contributed by atoms with van der Waals surface area (Å²) in [5.74, 6) is 1.06. The molecule has 20 heavy (non-hydrogen) atoms. The number of nitrogens with one attached hydrogen (secondary N) is 1. The minimum absolute atomic E-state index is 0.288. The van der Waals surface area contributed by atoms with E-state index in [1.54, 1.807) is 20.1 Å². The third-order valence-corrected chi connectivity index (χ3v) is 2.94. The minimum atomic E-state index is -0.288. The number of benzene rings is 1. The third kappa shape index (κ3) is 3.06. The zero-order valence-electron chi connectivity index (χ0n) is 11.6.